The summed E-state index contributed by atoms with van der Waals surface area (Å²) in [6.07, 6.45) is 1.50. The second-order valence-electron chi connectivity index (χ2n) is 5.67. The standard InChI is InChI=1S/C19H15BrClNO4S/c1-2-26-15-9-13(20)7-12(17(15)23)8-16-18(24)22(19(25)27-16)10-11-3-5-14(21)6-4-11/h3-9,23H,2,10H2,1H3/b16-8-. The summed E-state index contributed by atoms with van der Waals surface area (Å²) in [5.74, 6) is -0.180. The minimum absolute atomic E-state index is 0.0791. The molecule has 0 spiro atoms. The number of halogens is 2. The molecule has 3 rings (SSSR count). The highest BCUT2D eigenvalue weighted by Gasteiger charge is 2.35. The minimum Gasteiger partial charge on any atom is -0.504 e. The predicted molar refractivity (Wildman–Crippen MR) is 110 cm³/mol. The summed E-state index contributed by atoms with van der Waals surface area (Å²) in [6, 6.07) is 10.3. The van der Waals surface area contributed by atoms with Gasteiger partial charge in [0.2, 0.25) is 0 Å². The zero-order chi connectivity index (χ0) is 19.6. The molecule has 1 heterocycles. The Morgan fingerprint density at radius 1 is 1.26 bits per heavy atom. The number of rotatable bonds is 5. The van der Waals surface area contributed by atoms with Crippen LogP contribution in [-0.4, -0.2) is 27.8 Å². The lowest BCUT2D eigenvalue weighted by Crippen LogP contribution is -2.27. The SMILES string of the molecule is CCOc1cc(Br)cc(/C=C2\SC(=O)N(Cc3ccc(Cl)cc3)C2=O)c1O. The number of imide groups is 1. The van der Waals surface area contributed by atoms with E-state index in [0.717, 1.165) is 22.2 Å². The Labute approximate surface area is 174 Å². The zero-order valence-electron chi connectivity index (χ0n) is 14.2. The molecule has 8 heteroatoms. The van der Waals surface area contributed by atoms with Gasteiger partial charge in [0.1, 0.15) is 0 Å². The number of benzene rings is 2. The van der Waals surface area contributed by atoms with Crippen molar-refractivity contribution in [3.05, 3.63) is 61.9 Å². The number of amides is 2. The number of aromatic hydroxyl groups is 1. The van der Waals surface area contributed by atoms with Gasteiger partial charge in [-0.15, -0.1) is 0 Å². The van der Waals surface area contributed by atoms with Crippen molar-refractivity contribution in [3.63, 3.8) is 0 Å². The van der Waals surface area contributed by atoms with Crippen LogP contribution in [0.25, 0.3) is 6.08 Å². The Balaban J connectivity index is 1.87. The molecule has 5 nitrogen and oxygen atoms in total. The lowest BCUT2D eigenvalue weighted by atomic mass is 10.1. The molecule has 0 unspecified atom stereocenters. The van der Waals surface area contributed by atoms with E-state index < -0.39 is 5.91 Å². The van der Waals surface area contributed by atoms with Crippen molar-refractivity contribution in [1.82, 2.24) is 4.90 Å². The molecular formula is C19H15BrClNO4S. The zero-order valence-corrected chi connectivity index (χ0v) is 17.4. The highest BCUT2D eigenvalue weighted by atomic mass is 79.9. The van der Waals surface area contributed by atoms with Gasteiger partial charge in [-0.2, -0.15) is 0 Å². The Morgan fingerprint density at radius 3 is 2.63 bits per heavy atom. The molecule has 1 aliphatic heterocycles. The molecule has 2 amide bonds. The Kier molecular flexibility index (Phi) is 6.14. The lowest BCUT2D eigenvalue weighted by molar-refractivity contribution is -0.123. The quantitative estimate of drug-likeness (QED) is 0.592. The number of nitrogens with zero attached hydrogens (tertiary/aromatic N) is 1. The molecular weight excluding hydrogens is 454 g/mol. The van der Waals surface area contributed by atoms with Crippen molar-refractivity contribution in [1.29, 1.82) is 0 Å². The number of phenolic OH excluding ortho intramolecular Hbond substituents is 1. The highest BCUT2D eigenvalue weighted by molar-refractivity contribution is 9.10. The fraction of sp³-hybridized carbons (Fsp3) is 0.158. The maximum Gasteiger partial charge on any atom is 0.293 e. The number of carbonyl (C=O) groups is 2. The molecule has 1 N–H and O–H groups in total. The third-order valence-electron chi connectivity index (χ3n) is 3.78. The minimum atomic E-state index is -0.405. The third kappa shape index (κ3) is 4.48. The van der Waals surface area contributed by atoms with E-state index in [4.69, 9.17) is 16.3 Å². The van der Waals surface area contributed by atoms with Crippen LogP contribution in [0.15, 0.2) is 45.8 Å². The van der Waals surface area contributed by atoms with Gasteiger partial charge in [0, 0.05) is 15.1 Å². The van der Waals surface area contributed by atoms with Crippen molar-refractivity contribution in [3.8, 4) is 11.5 Å². The lowest BCUT2D eigenvalue weighted by Gasteiger charge is -2.12. The van der Waals surface area contributed by atoms with Crippen LogP contribution < -0.4 is 4.74 Å². The summed E-state index contributed by atoms with van der Waals surface area (Å²) in [6.45, 7) is 2.36. The molecule has 0 bridgehead atoms. The summed E-state index contributed by atoms with van der Waals surface area (Å²) in [7, 11) is 0. The van der Waals surface area contributed by atoms with Gasteiger partial charge in [-0.1, -0.05) is 39.7 Å². The van der Waals surface area contributed by atoms with Crippen LogP contribution in [0, 0.1) is 0 Å². The smallest absolute Gasteiger partial charge is 0.293 e. The first-order valence-electron chi connectivity index (χ1n) is 8.04. The Bertz CT molecular complexity index is 930. The molecule has 0 atom stereocenters. The number of phenols is 1. The summed E-state index contributed by atoms with van der Waals surface area (Å²) >= 11 is 10.1. The van der Waals surface area contributed by atoms with Gasteiger partial charge >= 0.3 is 0 Å². The average molecular weight is 469 g/mol. The molecule has 140 valence electrons. The molecule has 1 saturated heterocycles. The highest BCUT2D eigenvalue weighted by Crippen LogP contribution is 2.39. The number of ether oxygens (including phenoxy) is 1. The average Bonchev–Trinajstić information content (AvgIpc) is 2.88. The second kappa shape index (κ2) is 8.37. The van der Waals surface area contributed by atoms with Gasteiger partial charge in [0.15, 0.2) is 11.5 Å². The Morgan fingerprint density at radius 2 is 1.96 bits per heavy atom. The summed E-state index contributed by atoms with van der Waals surface area (Å²) < 4.78 is 6.08. The normalized spacial score (nSPS) is 15.7. The second-order valence-corrected chi connectivity index (χ2v) is 8.01. The maximum absolute atomic E-state index is 12.7. The van der Waals surface area contributed by atoms with Crippen LogP contribution in [0.2, 0.25) is 5.02 Å². The fourth-order valence-corrected chi connectivity index (χ4v) is 3.93. The van der Waals surface area contributed by atoms with Crippen LogP contribution in [0.1, 0.15) is 18.1 Å². The number of hydrogen-bond donors (Lipinski definition) is 1. The van der Waals surface area contributed by atoms with E-state index in [2.05, 4.69) is 15.9 Å². The molecule has 1 fully saturated rings. The topological polar surface area (TPSA) is 66.8 Å². The van der Waals surface area contributed by atoms with Crippen molar-refractivity contribution >= 4 is 56.5 Å². The van der Waals surface area contributed by atoms with E-state index in [1.54, 1.807) is 36.4 Å². The van der Waals surface area contributed by atoms with Gasteiger partial charge in [-0.3, -0.25) is 14.5 Å². The molecule has 2 aromatic rings. The van der Waals surface area contributed by atoms with Crippen molar-refractivity contribution < 1.29 is 19.4 Å². The molecule has 0 aromatic heterocycles. The van der Waals surface area contributed by atoms with Crippen LogP contribution in [0.4, 0.5) is 4.79 Å². The van der Waals surface area contributed by atoms with Gasteiger partial charge in [-0.05, 0) is 54.6 Å². The monoisotopic (exact) mass is 467 g/mol. The number of hydrogen-bond acceptors (Lipinski definition) is 5. The van der Waals surface area contributed by atoms with E-state index >= 15 is 0 Å². The first-order chi connectivity index (χ1) is 12.9. The van der Waals surface area contributed by atoms with E-state index in [9.17, 15) is 14.7 Å². The van der Waals surface area contributed by atoms with Crippen LogP contribution in [0.5, 0.6) is 11.5 Å². The van der Waals surface area contributed by atoms with Gasteiger partial charge in [0.25, 0.3) is 11.1 Å². The third-order valence-corrected chi connectivity index (χ3v) is 5.40. The summed E-state index contributed by atoms with van der Waals surface area (Å²) in [5, 5.41) is 10.6. The Hall–Kier alpha value is -1.96. The first kappa shape index (κ1) is 19.8. The maximum atomic E-state index is 12.7. The van der Waals surface area contributed by atoms with Gasteiger partial charge in [-0.25, -0.2) is 0 Å². The van der Waals surface area contributed by atoms with E-state index in [0.29, 0.717) is 27.4 Å². The fourth-order valence-electron chi connectivity index (χ4n) is 2.52. The van der Waals surface area contributed by atoms with Crippen molar-refractivity contribution in [2.45, 2.75) is 13.5 Å². The molecule has 1 aliphatic rings. The molecule has 0 aliphatic carbocycles. The predicted octanol–water partition coefficient (Wildman–Crippen LogP) is 5.44. The van der Waals surface area contributed by atoms with Crippen LogP contribution in [-0.2, 0) is 11.3 Å². The first-order valence-corrected chi connectivity index (χ1v) is 10.0. The van der Waals surface area contributed by atoms with Gasteiger partial charge < -0.3 is 9.84 Å². The summed E-state index contributed by atoms with van der Waals surface area (Å²) in [4.78, 5) is 26.4. The number of carbonyl (C=O) groups excluding carboxylic acids is 2. The number of thioether (sulfide) groups is 1. The van der Waals surface area contributed by atoms with Crippen LogP contribution >= 0.6 is 39.3 Å². The van der Waals surface area contributed by atoms with E-state index in [-0.39, 0.29) is 22.4 Å². The molecule has 0 radical (unpaired) electrons. The van der Waals surface area contributed by atoms with Crippen LogP contribution in [0.3, 0.4) is 0 Å². The van der Waals surface area contributed by atoms with E-state index in [1.807, 2.05) is 6.92 Å². The van der Waals surface area contributed by atoms with Crippen molar-refractivity contribution in [2.24, 2.45) is 0 Å². The molecule has 0 saturated carbocycles. The van der Waals surface area contributed by atoms with E-state index in [1.165, 1.54) is 6.08 Å². The molecule has 27 heavy (non-hydrogen) atoms. The molecule has 2 aromatic carbocycles. The largest absolute Gasteiger partial charge is 0.504 e. The van der Waals surface area contributed by atoms with Crippen molar-refractivity contribution in [2.75, 3.05) is 6.61 Å². The summed E-state index contributed by atoms with van der Waals surface area (Å²) in [5.41, 5.74) is 1.19. The van der Waals surface area contributed by atoms with Gasteiger partial charge in [0.05, 0.1) is 18.1 Å².